The fraction of sp³-hybridized carbons (Fsp3) is 0.625. The lowest BCUT2D eigenvalue weighted by atomic mass is 10.00. The molecule has 0 bridgehead atoms. The van der Waals surface area contributed by atoms with Gasteiger partial charge in [0.05, 0.1) is 5.60 Å². The minimum absolute atomic E-state index is 0.255. The van der Waals surface area contributed by atoms with E-state index in [2.05, 4.69) is 24.4 Å². The summed E-state index contributed by atoms with van der Waals surface area (Å²) in [6.45, 7) is 5.24. The standard InChI is InChI=1S/C16H27ClN2O/c1-5-6-15(13-7-9-14(17)10-8-13)18-11-16(2,20)12-19(3)4/h7-10,15,18,20H,5-6,11-12H2,1-4H3. The number of nitrogens with one attached hydrogen (secondary N) is 1. The van der Waals surface area contributed by atoms with Gasteiger partial charge in [-0.15, -0.1) is 0 Å². The van der Waals surface area contributed by atoms with Gasteiger partial charge in [0.15, 0.2) is 0 Å². The van der Waals surface area contributed by atoms with Gasteiger partial charge in [-0.25, -0.2) is 0 Å². The fourth-order valence-electron chi connectivity index (χ4n) is 2.45. The lowest BCUT2D eigenvalue weighted by molar-refractivity contribution is 0.0310. The van der Waals surface area contributed by atoms with E-state index in [1.807, 2.05) is 38.1 Å². The summed E-state index contributed by atoms with van der Waals surface area (Å²) in [6, 6.07) is 8.19. The van der Waals surface area contributed by atoms with Crippen LogP contribution in [-0.4, -0.2) is 42.8 Å². The van der Waals surface area contributed by atoms with Crippen molar-refractivity contribution in [2.75, 3.05) is 27.2 Å². The number of rotatable bonds is 8. The highest BCUT2D eigenvalue weighted by Crippen LogP contribution is 2.21. The molecule has 1 aromatic rings. The smallest absolute Gasteiger partial charge is 0.0869 e. The van der Waals surface area contributed by atoms with E-state index < -0.39 is 5.60 Å². The van der Waals surface area contributed by atoms with E-state index in [1.54, 1.807) is 0 Å². The molecule has 0 amide bonds. The summed E-state index contributed by atoms with van der Waals surface area (Å²) >= 11 is 5.93. The van der Waals surface area contributed by atoms with Crippen molar-refractivity contribution in [2.24, 2.45) is 0 Å². The average molecular weight is 299 g/mol. The molecule has 0 aliphatic rings. The van der Waals surface area contributed by atoms with Gasteiger partial charge in [-0.3, -0.25) is 0 Å². The normalized spacial score (nSPS) is 16.1. The Kier molecular flexibility index (Phi) is 6.96. The second-order valence-corrected chi connectivity index (χ2v) is 6.44. The summed E-state index contributed by atoms with van der Waals surface area (Å²) in [5, 5.41) is 14.6. The van der Waals surface area contributed by atoms with Crippen molar-refractivity contribution in [1.82, 2.24) is 10.2 Å². The largest absolute Gasteiger partial charge is 0.388 e. The lowest BCUT2D eigenvalue weighted by Gasteiger charge is -2.30. The van der Waals surface area contributed by atoms with E-state index in [9.17, 15) is 5.11 Å². The van der Waals surface area contributed by atoms with Crippen molar-refractivity contribution < 1.29 is 5.11 Å². The number of hydrogen-bond donors (Lipinski definition) is 2. The van der Waals surface area contributed by atoms with Gasteiger partial charge in [-0.05, 0) is 45.1 Å². The van der Waals surface area contributed by atoms with Crippen LogP contribution >= 0.6 is 11.6 Å². The molecule has 0 fully saturated rings. The van der Waals surface area contributed by atoms with Crippen LogP contribution in [0, 0.1) is 0 Å². The van der Waals surface area contributed by atoms with Crippen molar-refractivity contribution in [3.8, 4) is 0 Å². The maximum absolute atomic E-state index is 10.4. The molecule has 1 aromatic carbocycles. The molecule has 0 aliphatic carbocycles. The molecule has 0 spiro atoms. The summed E-state index contributed by atoms with van der Waals surface area (Å²) in [6.07, 6.45) is 2.13. The number of nitrogens with zero attached hydrogens (tertiary/aromatic N) is 1. The third-order valence-electron chi connectivity index (χ3n) is 3.24. The Morgan fingerprint density at radius 3 is 2.40 bits per heavy atom. The number of aliphatic hydroxyl groups is 1. The Balaban J connectivity index is 2.65. The summed E-state index contributed by atoms with van der Waals surface area (Å²) < 4.78 is 0. The highest BCUT2D eigenvalue weighted by molar-refractivity contribution is 6.30. The van der Waals surface area contributed by atoms with Gasteiger partial charge in [0.25, 0.3) is 0 Å². The Morgan fingerprint density at radius 2 is 1.90 bits per heavy atom. The molecule has 0 heterocycles. The number of likely N-dealkylation sites (N-methyl/N-ethyl adjacent to an activating group) is 1. The van der Waals surface area contributed by atoms with Crippen LogP contribution in [0.2, 0.25) is 5.02 Å². The van der Waals surface area contributed by atoms with E-state index in [1.165, 1.54) is 5.56 Å². The van der Waals surface area contributed by atoms with Gasteiger partial charge in [-0.1, -0.05) is 37.1 Å². The zero-order valence-corrected chi connectivity index (χ0v) is 13.7. The van der Waals surface area contributed by atoms with Crippen LogP contribution in [0.1, 0.15) is 38.3 Å². The van der Waals surface area contributed by atoms with Gasteiger partial charge in [-0.2, -0.15) is 0 Å². The molecule has 0 aliphatic heterocycles. The quantitative estimate of drug-likeness (QED) is 0.774. The molecule has 2 atom stereocenters. The van der Waals surface area contributed by atoms with Crippen molar-refractivity contribution >= 4 is 11.6 Å². The zero-order chi connectivity index (χ0) is 15.2. The van der Waals surface area contributed by atoms with Crippen molar-refractivity contribution in [1.29, 1.82) is 0 Å². The molecule has 0 saturated heterocycles. The van der Waals surface area contributed by atoms with Crippen LogP contribution in [0.4, 0.5) is 0 Å². The molecule has 3 nitrogen and oxygen atoms in total. The number of halogens is 1. The van der Waals surface area contributed by atoms with Crippen LogP contribution in [0.5, 0.6) is 0 Å². The Bertz CT molecular complexity index is 390. The third-order valence-corrected chi connectivity index (χ3v) is 3.49. The first-order valence-electron chi connectivity index (χ1n) is 7.20. The Hall–Kier alpha value is -0.610. The Labute approximate surface area is 127 Å². The molecule has 0 radical (unpaired) electrons. The van der Waals surface area contributed by atoms with Crippen LogP contribution in [-0.2, 0) is 0 Å². The second-order valence-electron chi connectivity index (χ2n) is 6.01. The average Bonchev–Trinajstić information content (AvgIpc) is 2.34. The lowest BCUT2D eigenvalue weighted by Crippen LogP contribution is -2.46. The summed E-state index contributed by atoms with van der Waals surface area (Å²) in [4.78, 5) is 2.00. The Morgan fingerprint density at radius 1 is 1.30 bits per heavy atom. The first-order chi connectivity index (χ1) is 9.34. The molecule has 0 aromatic heterocycles. The molecule has 4 heteroatoms. The predicted octanol–water partition coefficient (Wildman–Crippen LogP) is 3.08. The van der Waals surface area contributed by atoms with Gasteiger partial charge < -0.3 is 15.3 Å². The van der Waals surface area contributed by atoms with E-state index in [-0.39, 0.29) is 6.04 Å². The SMILES string of the molecule is CCCC(NCC(C)(O)CN(C)C)c1ccc(Cl)cc1. The first-order valence-corrected chi connectivity index (χ1v) is 7.58. The molecule has 2 unspecified atom stereocenters. The van der Waals surface area contributed by atoms with E-state index in [0.29, 0.717) is 13.1 Å². The molecular weight excluding hydrogens is 272 g/mol. The van der Waals surface area contributed by atoms with Gasteiger partial charge in [0, 0.05) is 24.2 Å². The molecule has 1 rings (SSSR count). The zero-order valence-electron chi connectivity index (χ0n) is 13.0. The van der Waals surface area contributed by atoms with Crippen LogP contribution < -0.4 is 5.32 Å². The second kappa shape index (κ2) is 7.99. The number of benzene rings is 1. The topological polar surface area (TPSA) is 35.5 Å². The monoisotopic (exact) mass is 298 g/mol. The fourth-order valence-corrected chi connectivity index (χ4v) is 2.58. The third kappa shape index (κ3) is 6.23. The van der Waals surface area contributed by atoms with Crippen LogP contribution in [0.3, 0.4) is 0 Å². The van der Waals surface area contributed by atoms with Crippen LogP contribution in [0.15, 0.2) is 24.3 Å². The predicted molar refractivity (Wildman–Crippen MR) is 86.3 cm³/mol. The van der Waals surface area contributed by atoms with E-state index in [0.717, 1.165) is 17.9 Å². The maximum atomic E-state index is 10.4. The molecule has 0 saturated carbocycles. The first kappa shape index (κ1) is 17.4. The minimum atomic E-state index is -0.734. The molecule has 114 valence electrons. The van der Waals surface area contributed by atoms with E-state index >= 15 is 0 Å². The van der Waals surface area contributed by atoms with E-state index in [4.69, 9.17) is 11.6 Å². The molecular formula is C16H27ClN2O. The molecule has 2 N–H and O–H groups in total. The minimum Gasteiger partial charge on any atom is -0.388 e. The van der Waals surface area contributed by atoms with Crippen molar-refractivity contribution in [3.05, 3.63) is 34.9 Å². The summed E-state index contributed by atoms with van der Waals surface area (Å²) in [5.41, 5.74) is 0.485. The van der Waals surface area contributed by atoms with Gasteiger partial charge in [0.2, 0.25) is 0 Å². The number of hydrogen-bond acceptors (Lipinski definition) is 3. The van der Waals surface area contributed by atoms with Gasteiger partial charge in [0.1, 0.15) is 0 Å². The van der Waals surface area contributed by atoms with Crippen molar-refractivity contribution in [3.63, 3.8) is 0 Å². The molecule has 20 heavy (non-hydrogen) atoms. The highest BCUT2D eigenvalue weighted by atomic mass is 35.5. The maximum Gasteiger partial charge on any atom is 0.0869 e. The van der Waals surface area contributed by atoms with Gasteiger partial charge >= 0.3 is 0 Å². The summed E-state index contributed by atoms with van der Waals surface area (Å²) in [5.74, 6) is 0. The van der Waals surface area contributed by atoms with Crippen molar-refractivity contribution in [2.45, 2.75) is 38.3 Å². The van der Waals surface area contributed by atoms with Crippen LogP contribution in [0.25, 0.3) is 0 Å². The highest BCUT2D eigenvalue weighted by Gasteiger charge is 2.23. The summed E-state index contributed by atoms with van der Waals surface area (Å²) in [7, 11) is 3.94.